The van der Waals surface area contributed by atoms with Crippen molar-refractivity contribution in [2.24, 2.45) is 0 Å². The second kappa shape index (κ2) is 10.2. The molecule has 3 rings (SSSR count). The molecule has 0 aromatic heterocycles. The normalized spacial score (nSPS) is 25.5. The van der Waals surface area contributed by atoms with Crippen LogP contribution in [0.15, 0.2) is 48.5 Å². The smallest absolute Gasteiger partial charge is 0.358 e. The molecule has 10 nitrogen and oxygen atoms in total. The summed E-state index contributed by atoms with van der Waals surface area (Å²) in [6, 6.07) is 11.3. The molecule has 0 amide bonds. The third kappa shape index (κ3) is 5.79. The lowest BCUT2D eigenvalue weighted by Gasteiger charge is -2.41. The van der Waals surface area contributed by atoms with Crippen molar-refractivity contribution in [2.75, 3.05) is 6.61 Å². The van der Waals surface area contributed by atoms with Gasteiger partial charge in [0.25, 0.3) is 5.69 Å². The van der Waals surface area contributed by atoms with Crippen LogP contribution in [0.2, 0.25) is 5.02 Å². The summed E-state index contributed by atoms with van der Waals surface area (Å²) < 4.78 is 21.7. The number of benzene rings is 2. The van der Waals surface area contributed by atoms with Gasteiger partial charge in [0.15, 0.2) is 12.2 Å². The van der Waals surface area contributed by atoms with Crippen molar-refractivity contribution >= 4 is 34.7 Å². The summed E-state index contributed by atoms with van der Waals surface area (Å²) in [7, 11) is 0. The number of hydrogen-bond acceptors (Lipinski definition) is 10. The number of non-ortho nitro benzene ring substituents is 1. The van der Waals surface area contributed by atoms with Gasteiger partial charge in [-0.2, -0.15) is 0 Å². The van der Waals surface area contributed by atoms with E-state index in [1.54, 1.807) is 24.3 Å². The third-order valence-electron chi connectivity index (χ3n) is 4.37. The van der Waals surface area contributed by atoms with Gasteiger partial charge in [-0.1, -0.05) is 11.6 Å². The average molecular weight is 472 g/mol. The highest BCUT2D eigenvalue weighted by molar-refractivity contribution is 7.79. The quantitative estimate of drug-likeness (QED) is 0.324. The predicted octanol–water partition coefficient (Wildman–Crippen LogP) is 1.82. The average Bonchev–Trinajstić information content (AvgIpc) is 2.75. The van der Waals surface area contributed by atoms with Gasteiger partial charge in [0, 0.05) is 29.4 Å². The molecule has 12 heteroatoms. The molecule has 2 aromatic carbocycles. The topological polar surface area (TPSA) is 141 Å². The number of nitro groups is 1. The van der Waals surface area contributed by atoms with Crippen LogP contribution in [0.5, 0.6) is 11.5 Å². The van der Waals surface area contributed by atoms with Crippen LogP contribution in [-0.2, 0) is 9.47 Å². The van der Waals surface area contributed by atoms with Gasteiger partial charge < -0.3 is 34.3 Å². The van der Waals surface area contributed by atoms with E-state index >= 15 is 0 Å². The molecule has 0 saturated carbocycles. The lowest BCUT2D eigenvalue weighted by molar-refractivity contribution is -0.384. The van der Waals surface area contributed by atoms with E-state index in [0.717, 1.165) is 0 Å². The van der Waals surface area contributed by atoms with E-state index in [2.05, 4.69) is 0 Å². The number of rotatable bonds is 6. The van der Waals surface area contributed by atoms with Crippen LogP contribution >= 0.6 is 23.8 Å². The largest absolute Gasteiger partial charge is 0.462 e. The fourth-order valence-corrected chi connectivity index (χ4v) is 3.14. The number of thiocarbonyl (C=S) groups is 1. The molecule has 1 aliphatic heterocycles. The fraction of sp³-hybridized carbons (Fsp3) is 0.316. The van der Waals surface area contributed by atoms with Gasteiger partial charge in [0.1, 0.15) is 23.7 Å². The number of ether oxygens (including phenoxy) is 4. The van der Waals surface area contributed by atoms with Gasteiger partial charge in [-0.15, -0.1) is 0 Å². The molecular formula is C19H18ClNO9S. The van der Waals surface area contributed by atoms with E-state index in [9.17, 15) is 25.4 Å². The summed E-state index contributed by atoms with van der Waals surface area (Å²) in [6.07, 6.45) is -6.74. The molecule has 1 saturated heterocycles. The lowest BCUT2D eigenvalue weighted by Crippen LogP contribution is -2.61. The molecule has 0 aliphatic carbocycles. The lowest BCUT2D eigenvalue weighted by atomic mass is 9.99. The van der Waals surface area contributed by atoms with Gasteiger partial charge in [-0.3, -0.25) is 10.1 Å². The van der Waals surface area contributed by atoms with E-state index in [1.165, 1.54) is 24.3 Å². The van der Waals surface area contributed by atoms with Gasteiger partial charge in [-0.05, 0) is 36.4 Å². The van der Waals surface area contributed by atoms with E-state index in [1.807, 2.05) is 0 Å². The molecule has 2 aromatic rings. The maximum Gasteiger partial charge on any atom is 0.358 e. The monoisotopic (exact) mass is 471 g/mol. The Bertz CT molecular complexity index is 912. The Kier molecular flexibility index (Phi) is 7.59. The van der Waals surface area contributed by atoms with Crippen LogP contribution in [0.4, 0.5) is 5.69 Å². The van der Waals surface area contributed by atoms with Gasteiger partial charge in [0.2, 0.25) is 6.29 Å². The molecule has 31 heavy (non-hydrogen) atoms. The molecule has 5 atom stereocenters. The Hall–Kier alpha value is -2.54. The highest BCUT2D eigenvalue weighted by atomic mass is 35.5. The highest BCUT2D eigenvalue weighted by Gasteiger charge is 2.47. The first-order chi connectivity index (χ1) is 14.8. The molecule has 0 spiro atoms. The Morgan fingerprint density at radius 3 is 2.29 bits per heavy atom. The number of nitrogens with zero attached hydrogens (tertiary/aromatic N) is 1. The second-order valence-electron chi connectivity index (χ2n) is 6.46. The van der Waals surface area contributed by atoms with Crippen molar-refractivity contribution in [1.82, 2.24) is 0 Å². The van der Waals surface area contributed by atoms with Gasteiger partial charge in [0.05, 0.1) is 11.5 Å². The van der Waals surface area contributed by atoms with Gasteiger partial charge >= 0.3 is 5.24 Å². The zero-order chi connectivity index (χ0) is 22.5. The highest BCUT2D eigenvalue weighted by Crippen LogP contribution is 2.27. The van der Waals surface area contributed by atoms with Crippen molar-refractivity contribution in [3.63, 3.8) is 0 Å². The molecule has 0 bridgehead atoms. The minimum absolute atomic E-state index is 0.137. The van der Waals surface area contributed by atoms with Crippen LogP contribution in [0.1, 0.15) is 0 Å². The zero-order valence-electron chi connectivity index (χ0n) is 15.7. The molecule has 166 valence electrons. The predicted molar refractivity (Wildman–Crippen MR) is 111 cm³/mol. The minimum atomic E-state index is -1.51. The van der Waals surface area contributed by atoms with Crippen molar-refractivity contribution < 1.29 is 39.2 Å². The first-order valence-corrected chi connectivity index (χ1v) is 9.74. The van der Waals surface area contributed by atoms with E-state index in [0.29, 0.717) is 10.8 Å². The molecule has 0 radical (unpaired) electrons. The van der Waals surface area contributed by atoms with E-state index in [-0.39, 0.29) is 11.4 Å². The molecule has 3 N–H and O–H groups in total. The second-order valence-corrected chi connectivity index (χ2v) is 7.23. The Balaban J connectivity index is 1.68. The van der Waals surface area contributed by atoms with Crippen LogP contribution in [0.3, 0.4) is 0 Å². The van der Waals surface area contributed by atoms with Crippen molar-refractivity contribution in [3.8, 4) is 11.5 Å². The standard InChI is InChI=1S/C19H18ClNO9S/c20-10-1-5-12(6-2-10)27-18-16(24)17(15(23)14(9-22)29-18)30-19(31)28-13-7-3-11(4-8-13)21(25)26/h1-8,14-18,22-24H,9H2/t14-,15+,16-,17+,18+/m1/s1. The third-order valence-corrected chi connectivity index (χ3v) is 4.80. The fourth-order valence-electron chi connectivity index (χ4n) is 2.80. The number of aliphatic hydroxyl groups excluding tert-OH is 3. The minimum Gasteiger partial charge on any atom is -0.462 e. The summed E-state index contributed by atoms with van der Waals surface area (Å²) in [5.74, 6) is 0.476. The van der Waals surface area contributed by atoms with Crippen LogP contribution in [0, 0.1) is 10.1 Å². The summed E-state index contributed by atoms with van der Waals surface area (Å²) in [5, 5.41) is 41.3. The van der Waals surface area contributed by atoms with Crippen LogP contribution in [-0.4, -0.2) is 62.8 Å². The maximum atomic E-state index is 10.7. The summed E-state index contributed by atoms with van der Waals surface area (Å²) in [6.45, 7) is -0.579. The Morgan fingerprint density at radius 2 is 1.71 bits per heavy atom. The zero-order valence-corrected chi connectivity index (χ0v) is 17.3. The van der Waals surface area contributed by atoms with Crippen molar-refractivity contribution in [2.45, 2.75) is 30.7 Å². The summed E-state index contributed by atoms with van der Waals surface area (Å²) >= 11 is 10.8. The Morgan fingerprint density at radius 1 is 1.10 bits per heavy atom. The van der Waals surface area contributed by atoms with Gasteiger partial charge in [-0.25, -0.2) is 0 Å². The molecular weight excluding hydrogens is 454 g/mol. The number of nitro benzene ring substituents is 1. The van der Waals surface area contributed by atoms with Crippen molar-refractivity contribution in [3.05, 3.63) is 63.7 Å². The van der Waals surface area contributed by atoms with Crippen LogP contribution < -0.4 is 9.47 Å². The summed E-state index contributed by atoms with van der Waals surface area (Å²) in [5.41, 5.74) is -0.137. The molecule has 1 heterocycles. The Labute approximate surface area is 186 Å². The van der Waals surface area contributed by atoms with Crippen LogP contribution in [0.25, 0.3) is 0 Å². The first-order valence-electron chi connectivity index (χ1n) is 8.96. The number of hydrogen-bond donors (Lipinski definition) is 3. The molecule has 1 fully saturated rings. The van der Waals surface area contributed by atoms with E-state index in [4.69, 9.17) is 42.8 Å². The number of halogens is 1. The first kappa shape index (κ1) is 23.1. The molecule has 1 aliphatic rings. The molecule has 0 unspecified atom stereocenters. The van der Waals surface area contributed by atoms with Crippen molar-refractivity contribution in [1.29, 1.82) is 0 Å². The van der Waals surface area contributed by atoms with E-state index < -0.39 is 47.5 Å². The maximum absolute atomic E-state index is 10.7. The SMILES string of the molecule is O=[N+]([O-])c1ccc(OC(=S)O[C@H]2[C@@H](O)[C@@H](CO)O[C@H](Oc3ccc(Cl)cc3)[C@@H]2O)cc1. The number of aliphatic hydroxyl groups is 3. The summed E-state index contributed by atoms with van der Waals surface area (Å²) in [4.78, 5) is 10.1.